The Bertz CT molecular complexity index is 628. The molecule has 0 atom stereocenters. The molecule has 0 bridgehead atoms. The minimum atomic E-state index is -3.83. The number of rotatable bonds is 3. The molecule has 2 N–H and O–H groups in total. The summed E-state index contributed by atoms with van der Waals surface area (Å²) in [7, 11) is -3.83. The quantitative estimate of drug-likeness (QED) is 0.900. The molecule has 0 unspecified atom stereocenters. The summed E-state index contributed by atoms with van der Waals surface area (Å²) in [5.74, 6) is -0.586. The van der Waals surface area contributed by atoms with Crippen LogP contribution >= 0.6 is 11.6 Å². The molecule has 2 aromatic rings. The zero-order valence-electron chi connectivity index (χ0n) is 8.31. The summed E-state index contributed by atoms with van der Waals surface area (Å²) in [6, 6.07) is 3.40. The SMILES string of the molecule is O=S(=O)(Nc1cc(F)ccc1Cl)c1cnc[nH]1. The van der Waals surface area contributed by atoms with Crippen molar-refractivity contribution in [2.24, 2.45) is 0 Å². The predicted molar refractivity (Wildman–Crippen MR) is 60.8 cm³/mol. The molecule has 0 amide bonds. The Morgan fingerprint density at radius 1 is 1.41 bits per heavy atom. The second kappa shape index (κ2) is 4.34. The van der Waals surface area contributed by atoms with Crippen molar-refractivity contribution in [3.05, 3.63) is 41.6 Å². The van der Waals surface area contributed by atoms with Gasteiger partial charge in [0.05, 0.1) is 23.2 Å². The number of hydrogen-bond donors (Lipinski definition) is 2. The van der Waals surface area contributed by atoms with Crippen molar-refractivity contribution >= 4 is 27.3 Å². The monoisotopic (exact) mass is 275 g/mol. The maximum absolute atomic E-state index is 13.0. The summed E-state index contributed by atoms with van der Waals surface area (Å²) in [6.45, 7) is 0. The van der Waals surface area contributed by atoms with Gasteiger partial charge in [-0.1, -0.05) is 11.6 Å². The van der Waals surface area contributed by atoms with Crippen LogP contribution in [-0.4, -0.2) is 18.4 Å². The number of benzene rings is 1. The topological polar surface area (TPSA) is 74.8 Å². The minimum Gasteiger partial charge on any atom is -0.334 e. The van der Waals surface area contributed by atoms with Gasteiger partial charge < -0.3 is 4.98 Å². The molecule has 5 nitrogen and oxygen atoms in total. The first-order valence-electron chi connectivity index (χ1n) is 4.45. The first-order chi connectivity index (χ1) is 7.99. The smallest absolute Gasteiger partial charge is 0.279 e. The molecule has 90 valence electrons. The van der Waals surface area contributed by atoms with Crippen molar-refractivity contribution in [1.82, 2.24) is 9.97 Å². The van der Waals surface area contributed by atoms with Crippen LogP contribution in [0.15, 0.2) is 35.7 Å². The standard InChI is InChI=1S/C9H7ClFN3O2S/c10-7-2-1-6(11)3-8(7)14-17(15,16)9-4-12-5-13-9/h1-5,14H,(H,12,13). The van der Waals surface area contributed by atoms with Gasteiger partial charge in [0.15, 0.2) is 5.03 Å². The lowest BCUT2D eigenvalue weighted by Gasteiger charge is -2.07. The van der Waals surface area contributed by atoms with Gasteiger partial charge >= 0.3 is 0 Å². The summed E-state index contributed by atoms with van der Waals surface area (Å²) < 4.78 is 38.6. The van der Waals surface area contributed by atoms with Gasteiger partial charge in [0.2, 0.25) is 0 Å². The van der Waals surface area contributed by atoms with Gasteiger partial charge in [0.1, 0.15) is 5.82 Å². The van der Waals surface area contributed by atoms with Gasteiger partial charge in [-0.2, -0.15) is 8.42 Å². The fourth-order valence-corrected chi connectivity index (χ4v) is 2.36. The zero-order chi connectivity index (χ0) is 12.5. The van der Waals surface area contributed by atoms with Crippen molar-refractivity contribution in [1.29, 1.82) is 0 Å². The number of imidazole rings is 1. The van der Waals surface area contributed by atoms with Crippen molar-refractivity contribution in [3.8, 4) is 0 Å². The largest absolute Gasteiger partial charge is 0.334 e. The lowest BCUT2D eigenvalue weighted by molar-refractivity contribution is 0.598. The van der Waals surface area contributed by atoms with Gasteiger partial charge in [-0.05, 0) is 18.2 Å². The van der Waals surface area contributed by atoms with Crippen LogP contribution in [-0.2, 0) is 10.0 Å². The normalized spacial score (nSPS) is 11.4. The van der Waals surface area contributed by atoms with Crippen LogP contribution in [0.5, 0.6) is 0 Å². The third kappa shape index (κ3) is 2.56. The Hall–Kier alpha value is -1.60. The second-order valence-electron chi connectivity index (χ2n) is 3.15. The van der Waals surface area contributed by atoms with E-state index in [1.54, 1.807) is 0 Å². The van der Waals surface area contributed by atoms with Crippen LogP contribution in [0.1, 0.15) is 0 Å². The molecule has 0 aliphatic rings. The van der Waals surface area contributed by atoms with Crippen LogP contribution in [0.2, 0.25) is 5.02 Å². The van der Waals surface area contributed by atoms with E-state index in [0.29, 0.717) is 0 Å². The van der Waals surface area contributed by atoms with Crippen molar-refractivity contribution in [2.45, 2.75) is 5.03 Å². The summed E-state index contributed by atoms with van der Waals surface area (Å²) in [6.07, 6.45) is 2.36. The van der Waals surface area contributed by atoms with E-state index in [-0.39, 0.29) is 15.7 Å². The van der Waals surface area contributed by atoms with Gasteiger partial charge in [0, 0.05) is 0 Å². The van der Waals surface area contributed by atoms with Crippen LogP contribution in [0.25, 0.3) is 0 Å². The number of sulfonamides is 1. The summed E-state index contributed by atoms with van der Waals surface area (Å²) in [4.78, 5) is 6.02. The number of halogens is 2. The van der Waals surface area contributed by atoms with E-state index in [2.05, 4.69) is 14.7 Å². The molecule has 0 radical (unpaired) electrons. The predicted octanol–water partition coefficient (Wildman–Crippen LogP) is 2.00. The van der Waals surface area contributed by atoms with E-state index in [0.717, 1.165) is 18.3 Å². The molecule has 0 spiro atoms. The van der Waals surface area contributed by atoms with Gasteiger partial charge in [0.25, 0.3) is 10.0 Å². The zero-order valence-corrected chi connectivity index (χ0v) is 9.89. The number of nitrogens with one attached hydrogen (secondary N) is 2. The van der Waals surface area contributed by atoms with E-state index in [9.17, 15) is 12.8 Å². The Balaban J connectivity index is 2.36. The van der Waals surface area contributed by atoms with Crippen LogP contribution in [0.3, 0.4) is 0 Å². The molecule has 0 saturated carbocycles. The molecule has 1 aromatic heterocycles. The highest BCUT2D eigenvalue weighted by Crippen LogP contribution is 2.24. The highest BCUT2D eigenvalue weighted by Gasteiger charge is 2.17. The Morgan fingerprint density at radius 3 is 2.82 bits per heavy atom. The molecule has 0 aliphatic carbocycles. The number of hydrogen-bond acceptors (Lipinski definition) is 3. The summed E-state index contributed by atoms with van der Waals surface area (Å²) in [5.41, 5.74) is -0.0266. The Morgan fingerprint density at radius 2 is 2.18 bits per heavy atom. The molecular weight excluding hydrogens is 269 g/mol. The van der Waals surface area contributed by atoms with Crippen LogP contribution in [0, 0.1) is 5.82 Å². The van der Waals surface area contributed by atoms with Crippen LogP contribution < -0.4 is 4.72 Å². The highest BCUT2D eigenvalue weighted by molar-refractivity contribution is 7.92. The first kappa shape index (κ1) is 11.9. The van der Waals surface area contributed by atoms with Crippen molar-refractivity contribution in [3.63, 3.8) is 0 Å². The average Bonchev–Trinajstić information content (AvgIpc) is 2.77. The molecule has 8 heteroatoms. The molecule has 0 aliphatic heterocycles. The fourth-order valence-electron chi connectivity index (χ4n) is 1.17. The molecule has 0 fully saturated rings. The van der Waals surface area contributed by atoms with Crippen molar-refractivity contribution < 1.29 is 12.8 Å². The van der Waals surface area contributed by atoms with E-state index < -0.39 is 15.8 Å². The summed E-state index contributed by atoms with van der Waals surface area (Å²) >= 11 is 5.74. The highest BCUT2D eigenvalue weighted by atomic mass is 35.5. The van der Waals surface area contributed by atoms with Gasteiger partial charge in [-0.15, -0.1) is 0 Å². The minimum absolute atomic E-state index is 0.0266. The first-order valence-corrected chi connectivity index (χ1v) is 6.31. The maximum Gasteiger partial charge on any atom is 0.279 e. The molecular formula is C9H7ClFN3O2S. The van der Waals surface area contributed by atoms with Crippen LogP contribution in [0.4, 0.5) is 10.1 Å². The second-order valence-corrected chi connectivity index (χ2v) is 5.20. The Kier molecular flexibility index (Phi) is 3.03. The van der Waals surface area contributed by atoms with E-state index >= 15 is 0 Å². The third-order valence-corrected chi connectivity index (χ3v) is 3.56. The third-order valence-electron chi connectivity index (χ3n) is 1.94. The average molecular weight is 276 g/mol. The van der Waals surface area contributed by atoms with E-state index in [1.807, 2.05) is 0 Å². The number of anilines is 1. The molecule has 1 aromatic carbocycles. The molecule has 2 rings (SSSR count). The summed E-state index contributed by atoms with van der Waals surface area (Å²) in [5, 5.41) is -0.0210. The number of H-pyrrole nitrogens is 1. The van der Waals surface area contributed by atoms with E-state index in [1.165, 1.54) is 12.4 Å². The van der Waals surface area contributed by atoms with Gasteiger partial charge in [-0.3, -0.25) is 4.72 Å². The van der Waals surface area contributed by atoms with Crippen molar-refractivity contribution in [2.75, 3.05) is 4.72 Å². The molecule has 0 saturated heterocycles. The Labute approximate surface area is 102 Å². The van der Waals surface area contributed by atoms with Gasteiger partial charge in [-0.25, -0.2) is 9.37 Å². The molecule has 1 heterocycles. The number of aromatic nitrogens is 2. The number of nitrogens with zero attached hydrogens (tertiary/aromatic N) is 1. The lowest BCUT2D eigenvalue weighted by Crippen LogP contribution is -2.13. The number of aromatic amines is 1. The maximum atomic E-state index is 13.0. The molecule has 17 heavy (non-hydrogen) atoms. The fraction of sp³-hybridized carbons (Fsp3) is 0. The lowest BCUT2D eigenvalue weighted by atomic mass is 10.3. The van der Waals surface area contributed by atoms with E-state index in [4.69, 9.17) is 11.6 Å².